The lowest BCUT2D eigenvalue weighted by Gasteiger charge is -2.32. The normalized spacial score (nSPS) is 16.9. The molecule has 5 rings (SSSR count). The molecule has 4 aromatic rings. The Morgan fingerprint density at radius 1 is 0.977 bits per heavy atom. The summed E-state index contributed by atoms with van der Waals surface area (Å²) in [7, 11) is -1.75. The summed E-state index contributed by atoms with van der Waals surface area (Å²) in [6, 6.07) is 23.9. The summed E-state index contributed by atoms with van der Waals surface area (Å²) in [5.41, 5.74) is 3.65. The van der Waals surface area contributed by atoms with Gasteiger partial charge in [0.15, 0.2) is 16.1 Å². The topological polar surface area (TPSA) is 119 Å². The molecule has 0 aromatic heterocycles. The lowest BCUT2D eigenvalue weighted by atomic mass is 9.99. The van der Waals surface area contributed by atoms with E-state index in [4.69, 9.17) is 0 Å². The molecule has 0 saturated carbocycles. The first-order valence-electron chi connectivity index (χ1n) is 14.1. The third-order valence-electron chi connectivity index (χ3n) is 8.06. The second-order valence-electron chi connectivity index (χ2n) is 10.9. The Morgan fingerprint density at radius 2 is 1.63 bits per heavy atom. The van der Waals surface area contributed by atoms with Crippen molar-refractivity contribution < 1.29 is 23.1 Å². The number of aliphatic hydroxyl groups excluding tert-OH is 1. The molecule has 43 heavy (non-hydrogen) atoms. The summed E-state index contributed by atoms with van der Waals surface area (Å²) in [6.45, 7) is 3.96. The Hall–Kier alpha value is -4.25. The van der Waals surface area contributed by atoms with E-state index in [1.54, 1.807) is 35.9 Å². The minimum absolute atomic E-state index is 0.0158. The van der Waals surface area contributed by atoms with Crippen molar-refractivity contribution in [3.8, 4) is 0 Å². The van der Waals surface area contributed by atoms with E-state index in [0.29, 0.717) is 16.9 Å². The fraction of sp³-hybridized carbons (Fsp3) is 0.273. The Labute approximate surface area is 252 Å². The lowest BCUT2D eigenvalue weighted by molar-refractivity contribution is -0.128. The van der Waals surface area contributed by atoms with Gasteiger partial charge >= 0.3 is 0 Å². The Balaban J connectivity index is 1.62. The van der Waals surface area contributed by atoms with E-state index in [9.17, 15) is 23.1 Å². The molecule has 0 radical (unpaired) electrons. The summed E-state index contributed by atoms with van der Waals surface area (Å²) in [5.74, 6) is -0.654. The molecule has 0 fully saturated rings. The van der Waals surface area contributed by atoms with E-state index in [1.807, 2.05) is 61.5 Å². The molecule has 1 aliphatic rings. The summed E-state index contributed by atoms with van der Waals surface area (Å²) in [4.78, 5) is 30.9. The molecule has 1 aliphatic heterocycles. The van der Waals surface area contributed by atoms with E-state index in [-0.39, 0.29) is 29.8 Å². The van der Waals surface area contributed by atoms with Gasteiger partial charge in [0.2, 0.25) is 5.91 Å². The van der Waals surface area contributed by atoms with Crippen molar-refractivity contribution in [1.29, 1.82) is 0 Å². The quantitative estimate of drug-likeness (QED) is 0.282. The smallest absolute Gasteiger partial charge is 0.251 e. The zero-order chi connectivity index (χ0) is 30.9. The number of aryl methyl sites for hydroxylation is 1. The van der Waals surface area contributed by atoms with E-state index in [0.717, 1.165) is 28.2 Å². The number of nitrogens with zero attached hydrogens (tertiary/aromatic N) is 2. The van der Waals surface area contributed by atoms with Crippen LogP contribution in [0.4, 0.5) is 11.4 Å². The van der Waals surface area contributed by atoms with E-state index in [1.165, 1.54) is 12.1 Å². The van der Waals surface area contributed by atoms with Gasteiger partial charge in [0.05, 0.1) is 35.4 Å². The highest BCUT2D eigenvalue weighted by Gasteiger charge is 2.38. The highest BCUT2D eigenvalue weighted by Crippen LogP contribution is 2.39. The standard InChI is InChI=1S/C33H36N4O5S/c1-21-13-14-23-9-5-6-10-26(23)27(21)19-36-29-11-7-8-12-30(29)37(20-28(33(36)40)35-31(38)22(2)34-3)32(39)24-15-17-25(18-16-24)43(4,41)42/h5-18,22,28,32,34,39H,19-20H2,1-4H3,(H,35,38)/t22-,28-,32?/m0/s1. The van der Waals surface area contributed by atoms with Crippen molar-refractivity contribution in [2.24, 2.45) is 0 Å². The number of para-hydroxylation sites is 2. The molecule has 0 aliphatic carbocycles. The van der Waals surface area contributed by atoms with Crippen molar-refractivity contribution in [3.05, 3.63) is 102 Å². The second-order valence-corrected chi connectivity index (χ2v) is 12.9. The zero-order valence-electron chi connectivity index (χ0n) is 24.6. The molecular formula is C33H36N4O5S. The van der Waals surface area contributed by atoms with Crippen molar-refractivity contribution in [2.75, 3.05) is 29.6 Å². The maximum absolute atomic E-state index is 14.4. The summed E-state index contributed by atoms with van der Waals surface area (Å²) >= 11 is 0. The van der Waals surface area contributed by atoms with Crippen molar-refractivity contribution in [2.45, 2.75) is 43.6 Å². The minimum atomic E-state index is -3.42. The summed E-state index contributed by atoms with van der Waals surface area (Å²) in [5, 5.41) is 19.6. The summed E-state index contributed by atoms with van der Waals surface area (Å²) < 4.78 is 24.0. The molecule has 4 aromatic carbocycles. The highest BCUT2D eigenvalue weighted by molar-refractivity contribution is 7.90. The number of hydrogen-bond donors (Lipinski definition) is 3. The predicted octanol–water partition coefficient (Wildman–Crippen LogP) is 3.69. The maximum Gasteiger partial charge on any atom is 0.251 e. The van der Waals surface area contributed by atoms with Gasteiger partial charge < -0.3 is 25.5 Å². The third kappa shape index (κ3) is 6.13. The third-order valence-corrected chi connectivity index (χ3v) is 9.19. The maximum atomic E-state index is 14.4. The van der Waals surface area contributed by atoms with Gasteiger partial charge in [-0.05, 0) is 67.1 Å². The molecule has 0 saturated heterocycles. The second kappa shape index (κ2) is 12.2. The number of nitrogens with one attached hydrogen (secondary N) is 2. The molecule has 1 unspecified atom stereocenters. The van der Waals surface area contributed by atoms with Crippen LogP contribution in [-0.4, -0.2) is 57.3 Å². The lowest BCUT2D eigenvalue weighted by Crippen LogP contribution is -2.55. The number of anilines is 2. The van der Waals surface area contributed by atoms with E-state index >= 15 is 0 Å². The van der Waals surface area contributed by atoms with Gasteiger partial charge in [0.25, 0.3) is 5.91 Å². The number of fused-ring (bicyclic) bond motifs is 2. The van der Waals surface area contributed by atoms with E-state index in [2.05, 4.69) is 16.7 Å². The first kappa shape index (κ1) is 30.2. The fourth-order valence-electron chi connectivity index (χ4n) is 5.43. The van der Waals surface area contributed by atoms with Gasteiger partial charge in [0, 0.05) is 11.8 Å². The van der Waals surface area contributed by atoms with Crippen LogP contribution in [0.2, 0.25) is 0 Å². The van der Waals surface area contributed by atoms with Crippen molar-refractivity contribution in [3.63, 3.8) is 0 Å². The van der Waals surface area contributed by atoms with Crippen LogP contribution in [-0.2, 0) is 26.0 Å². The molecule has 2 amide bonds. The van der Waals surface area contributed by atoms with Crippen molar-refractivity contribution >= 4 is 43.8 Å². The van der Waals surface area contributed by atoms with Gasteiger partial charge in [0.1, 0.15) is 6.04 Å². The average Bonchev–Trinajstić information content (AvgIpc) is 3.11. The first-order valence-corrected chi connectivity index (χ1v) is 16.0. The molecule has 0 spiro atoms. The number of benzene rings is 4. The Bertz CT molecular complexity index is 1770. The van der Waals surface area contributed by atoms with Crippen LogP contribution < -0.4 is 20.4 Å². The Kier molecular flexibility index (Phi) is 8.55. The molecule has 10 heteroatoms. The van der Waals surface area contributed by atoms with Crippen LogP contribution in [0.15, 0.2) is 89.8 Å². The number of sulfone groups is 1. The SMILES string of the molecule is CN[C@@H](C)C(=O)N[C@H]1CN(C(O)c2ccc(S(C)(=O)=O)cc2)c2ccccc2N(Cc2c(C)ccc3ccccc23)C1=O. The molecule has 9 nitrogen and oxygen atoms in total. The zero-order valence-corrected chi connectivity index (χ0v) is 25.4. The molecule has 3 atom stereocenters. The molecule has 224 valence electrons. The van der Waals surface area contributed by atoms with Crippen LogP contribution in [0.5, 0.6) is 0 Å². The number of rotatable bonds is 8. The van der Waals surface area contributed by atoms with Crippen molar-refractivity contribution in [1.82, 2.24) is 10.6 Å². The summed E-state index contributed by atoms with van der Waals surface area (Å²) in [6.07, 6.45) is -0.108. The van der Waals surface area contributed by atoms with Gasteiger partial charge in [-0.15, -0.1) is 0 Å². The van der Waals surface area contributed by atoms with Gasteiger partial charge in [-0.1, -0.05) is 60.7 Å². The number of likely N-dealkylation sites (N-methyl/N-ethyl adjacent to an activating group) is 1. The molecular weight excluding hydrogens is 564 g/mol. The Morgan fingerprint density at radius 3 is 2.30 bits per heavy atom. The van der Waals surface area contributed by atoms with E-state index < -0.39 is 28.1 Å². The number of carbonyl (C=O) groups excluding carboxylic acids is 2. The molecule has 0 bridgehead atoms. The van der Waals surface area contributed by atoms with Crippen LogP contribution in [0.1, 0.15) is 29.8 Å². The fourth-order valence-corrected chi connectivity index (χ4v) is 6.06. The van der Waals surface area contributed by atoms with Gasteiger partial charge in [-0.3, -0.25) is 9.59 Å². The van der Waals surface area contributed by atoms with Crippen LogP contribution in [0.25, 0.3) is 10.8 Å². The monoisotopic (exact) mass is 600 g/mol. The molecule has 1 heterocycles. The number of hydrogen-bond acceptors (Lipinski definition) is 7. The van der Waals surface area contributed by atoms with Gasteiger partial charge in [-0.25, -0.2) is 8.42 Å². The van der Waals surface area contributed by atoms with Crippen LogP contribution >= 0.6 is 0 Å². The number of carbonyl (C=O) groups is 2. The van der Waals surface area contributed by atoms with Gasteiger partial charge in [-0.2, -0.15) is 0 Å². The number of aliphatic hydroxyl groups is 1. The largest absolute Gasteiger partial charge is 0.369 e. The van der Waals surface area contributed by atoms with Crippen LogP contribution in [0, 0.1) is 6.92 Å². The number of amides is 2. The predicted molar refractivity (Wildman–Crippen MR) is 169 cm³/mol. The first-order chi connectivity index (χ1) is 20.5. The van der Waals surface area contributed by atoms with Crippen LogP contribution in [0.3, 0.4) is 0 Å². The molecule has 3 N–H and O–H groups in total. The average molecular weight is 601 g/mol. The highest BCUT2D eigenvalue weighted by atomic mass is 32.2. The minimum Gasteiger partial charge on any atom is -0.369 e.